The normalized spacial score (nSPS) is 11.5. The summed E-state index contributed by atoms with van der Waals surface area (Å²) in [5, 5.41) is 11.8. The van der Waals surface area contributed by atoms with Gasteiger partial charge in [-0.15, -0.1) is 0 Å². The molecule has 0 aromatic heterocycles. The standard InChI is InChI=1S/C14H14N2OS/c1-10-5-4-6-11(9-10)18-13-8-3-2-7-12(13)14(15)16-17/h2-9,17H,1H3,(H2,15,16). The molecule has 0 fully saturated rings. The van der Waals surface area contributed by atoms with E-state index in [0.29, 0.717) is 0 Å². The van der Waals surface area contributed by atoms with E-state index in [4.69, 9.17) is 10.9 Å². The third kappa shape index (κ3) is 2.84. The summed E-state index contributed by atoms with van der Waals surface area (Å²) in [6.07, 6.45) is 0. The van der Waals surface area contributed by atoms with Gasteiger partial charge in [-0.05, 0) is 25.1 Å². The number of hydrogen-bond donors (Lipinski definition) is 2. The van der Waals surface area contributed by atoms with Gasteiger partial charge in [0.25, 0.3) is 0 Å². The van der Waals surface area contributed by atoms with Crippen LogP contribution >= 0.6 is 11.8 Å². The van der Waals surface area contributed by atoms with Crippen molar-refractivity contribution >= 4 is 17.6 Å². The SMILES string of the molecule is Cc1cccc(Sc2ccccc2C(N)=NO)c1. The lowest BCUT2D eigenvalue weighted by Gasteiger charge is -2.08. The van der Waals surface area contributed by atoms with Crippen molar-refractivity contribution in [3.63, 3.8) is 0 Å². The molecule has 0 saturated carbocycles. The van der Waals surface area contributed by atoms with Crippen molar-refractivity contribution in [2.75, 3.05) is 0 Å². The first kappa shape index (κ1) is 12.5. The molecule has 0 amide bonds. The van der Waals surface area contributed by atoms with Gasteiger partial charge in [0.1, 0.15) is 0 Å². The van der Waals surface area contributed by atoms with Crippen LogP contribution in [-0.2, 0) is 0 Å². The number of amidine groups is 1. The van der Waals surface area contributed by atoms with E-state index in [1.807, 2.05) is 36.4 Å². The number of aryl methyl sites for hydroxylation is 1. The molecule has 0 aliphatic heterocycles. The molecule has 0 aliphatic carbocycles. The number of benzene rings is 2. The highest BCUT2D eigenvalue weighted by atomic mass is 32.2. The molecule has 0 radical (unpaired) electrons. The summed E-state index contributed by atoms with van der Waals surface area (Å²) in [6.45, 7) is 2.06. The maximum Gasteiger partial charge on any atom is 0.171 e. The van der Waals surface area contributed by atoms with Crippen LogP contribution in [0.15, 0.2) is 63.5 Å². The summed E-state index contributed by atoms with van der Waals surface area (Å²) in [5.74, 6) is 0.130. The monoisotopic (exact) mass is 258 g/mol. The Labute approximate surface area is 110 Å². The van der Waals surface area contributed by atoms with Crippen LogP contribution in [0.25, 0.3) is 0 Å². The maximum absolute atomic E-state index is 8.78. The Morgan fingerprint density at radius 2 is 1.94 bits per heavy atom. The Morgan fingerprint density at radius 3 is 2.67 bits per heavy atom. The molecule has 0 atom stereocenters. The molecule has 3 N–H and O–H groups in total. The van der Waals surface area contributed by atoms with Crippen LogP contribution in [0.5, 0.6) is 0 Å². The smallest absolute Gasteiger partial charge is 0.171 e. The average molecular weight is 258 g/mol. The first-order valence-electron chi connectivity index (χ1n) is 5.52. The fourth-order valence-electron chi connectivity index (χ4n) is 1.63. The largest absolute Gasteiger partial charge is 0.409 e. The van der Waals surface area contributed by atoms with Crippen LogP contribution < -0.4 is 5.73 Å². The van der Waals surface area contributed by atoms with Crippen molar-refractivity contribution < 1.29 is 5.21 Å². The highest BCUT2D eigenvalue weighted by Gasteiger charge is 2.07. The Hall–Kier alpha value is -1.94. The Balaban J connectivity index is 2.35. The summed E-state index contributed by atoms with van der Waals surface area (Å²) in [7, 11) is 0. The predicted molar refractivity (Wildman–Crippen MR) is 74.3 cm³/mol. The minimum absolute atomic E-state index is 0.130. The molecule has 0 spiro atoms. The first-order chi connectivity index (χ1) is 8.70. The van der Waals surface area contributed by atoms with Crippen molar-refractivity contribution in [3.05, 3.63) is 59.7 Å². The fraction of sp³-hybridized carbons (Fsp3) is 0.0714. The van der Waals surface area contributed by atoms with Gasteiger partial charge in [-0.25, -0.2) is 0 Å². The van der Waals surface area contributed by atoms with Gasteiger partial charge in [0.05, 0.1) is 0 Å². The van der Waals surface area contributed by atoms with Crippen LogP contribution in [0.4, 0.5) is 0 Å². The van der Waals surface area contributed by atoms with Crippen LogP contribution in [0.2, 0.25) is 0 Å². The molecular weight excluding hydrogens is 244 g/mol. The van der Waals surface area contributed by atoms with E-state index in [-0.39, 0.29) is 5.84 Å². The summed E-state index contributed by atoms with van der Waals surface area (Å²) in [6, 6.07) is 15.8. The maximum atomic E-state index is 8.78. The van der Waals surface area contributed by atoms with Crippen LogP contribution in [0.1, 0.15) is 11.1 Å². The van der Waals surface area contributed by atoms with Gasteiger partial charge >= 0.3 is 0 Å². The van der Waals surface area contributed by atoms with Gasteiger partial charge in [-0.1, -0.05) is 52.8 Å². The van der Waals surface area contributed by atoms with E-state index in [1.165, 1.54) is 5.56 Å². The molecule has 92 valence electrons. The van der Waals surface area contributed by atoms with Crippen molar-refractivity contribution in [1.29, 1.82) is 0 Å². The van der Waals surface area contributed by atoms with Gasteiger partial charge in [0.15, 0.2) is 5.84 Å². The van der Waals surface area contributed by atoms with Gasteiger partial charge in [0, 0.05) is 15.4 Å². The molecule has 0 saturated heterocycles. The van der Waals surface area contributed by atoms with Crippen LogP contribution in [-0.4, -0.2) is 11.0 Å². The van der Waals surface area contributed by atoms with Gasteiger partial charge in [-0.3, -0.25) is 0 Å². The number of oxime groups is 1. The Bertz CT molecular complexity index is 582. The highest BCUT2D eigenvalue weighted by molar-refractivity contribution is 7.99. The minimum Gasteiger partial charge on any atom is -0.409 e. The van der Waals surface area contributed by atoms with E-state index in [2.05, 4.69) is 24.2 Å². The lowest BCUT2D eigenvalue weighted by Crippen LogP contribution is -2.13. The zero-order valence-electron chi connectivity index (χ0n) is 10.00. The topological polar surface area (TPSA) is 58.6 Å². The molecule has 0 heterocycles. The third-order valence-corrected chi connectivity index (χ3v) is 3.55. The highest BCUT2D eigenvalue weighted by Crippen LogP contribution is 2.30. The van der Waals surface area contributed by atoms with E-state index in [9.17, 15) is 0 Å². The summed E-state index contributed by atoms with van der Waals surface area (Å²) in [4.78, 5) is 2.10. The second-order valence-corrected chi connectivity index (χ2v) is 5.02. The van der Waals surface area contributed by atoms with Gasteiger partial charge in [-0.2, -0.15) is 0 Å². The molecule has 2 rings (SSSR count). The van der Waals surface area contributed by atoms with Gasteiger partial charge < -0.3 is 10.9 Å². The van der Waals surface area contributed by atoms with E-state index in [1.54, 1.807) is 11.8 Å². The molecule has 2 aromatic rings. The molecule has 3 nitrogen and oxygen atoms in total. The number of nitrogens with two attached hydrogens (primary N) is 1. The molecule has 0 bridgehead atoms. The second kappa shape index (κ2) is 5.60. The van der Waals surface area contributed by atoms with Crippen molar-refractivity contribution in [2.45, 2.75) is 16.7 Å². The first-order valence-corrected chi connectivity index (χ1v) is 6.34. The predicted octanol–water partition coefficient (Wildman–Crippen LogP) is 3.24. The zero-order valence-corrected chi connectivity index (χ0v) is 10.8. The van der Waals surface area contributed by atoms with E-state index >= 15 is 0 Å². The number of nitrogens with zero attached hydrogens (tertiary/aromatic N) is 1. The summed E-state index contributed by atoms with van der Waals surface area (Å²) < 4.78 is 0. The summed E-state index contributed by atoms with van der Waals surface area (Å²) >= 11 is 1.60. The fourth-order valence-corrected chi connectivity index (χ4v) is 2.70. The second-order valence-electron chi connectivity index (χ2n) is 3.90. The van der Waals surface area contributed by atoms with Crippen molar-refractivity contribution in [1.82, 2.24) is 0 Å². The van der Waals surface area contributed by atoms with Crippen LogP contribution in [0, 0.1) is 6.92 Å². The number of rotatable bonds is 3. The zero-order chi connectivity index (χ0) is 13.0. The third-order valence-electron chi connectivity index (χ3n) is 2.49. The molecule has 4 heteroatoms. The number of hydrogen-bond acceptors (Lipinski definition) is 3. The molecular formula is C14H14N2OS. The van der Waals surface area contributed by atoms with Crippen molar-refractivity contribution in [3.8, 4) is 0 Å². The average Bonchev–Trinajstić information content (AvgIpc) is 2.38. The summed E-state index contributed by atoms with van der Waals surface area (Å²) in [5.41, 5.74) is 7.62. The van der Waals surface area contributed by atoms with Crippen LogP contribution in [0.3, 0.4) is 0 Å². The Morgan fingerprint density at radius 1 is 1.17 bits per heavy atom. The van der Waals surface area contributed by atoms with E-state index < -0.39 is 0 Å². The molecule has 18 heavy (non-hydrogen) atoms. The Kier molecular flexibility index (Phi) is 3.89. The molecule has 0 unspecified atom stereocenters. The lowest BCUT2D eigenvalue weighted by atomic mass is 10.2. The molecule has 2 aromatic carbocycles. The molecule has 0 aliphatic rings. The minimum atomic E-state index is 0.130. The lowest BCUT2D eigenvalue weighted by molar-refractivity contribution is 0.318. The van der Waals surface area contributed by atoms with Gasteiger partial charge in [0.2, 0.25) is 0 Å². The van der Waals surface area contributed by atoms with Crippen molar-refractivity contribution in [2.24, 2.45) is 10.9 Å². The van der Waals surface area contributed by atoms with E-state index in [0.717, 1.165) is 15.4 Å². The quantitative estimate of drug-likeness (QED) is 0.384.